The predicted molar refractivity (Wildman–Crippen MR) is 101 cm³/mol. The first-order chi connectivity index (χ1) is 12.5. The molecule has 26 heavy (non-hydrogen) atoms. The highest BCUT2D eigenvalue weighted by atomic mass is 16.2. The number of nitrogens with one attached hydrogen (secondary N) is 2. The Bertz CT molecular complexity index is 618. The molecule has 0 spiro atoms. The lowest BCUT2D eigenvalue weighted by atomic mass is 9.81. The molecule has 6 nitrogen and oxygen atoms in total. The Balaban J connectivity index is 1.82. The average molecular weight is 359 g/mol. The zero-order valence-electron chi connectivity index (χ0n) is 15.7. The monoisotopic (exact) mass is 359 g/mol. The molecule has 1 aliphatic heterocycles. The molecular weight excluding hydrogens is 330 g/mol. The Kier molecular flexibility index (Phi) is 7.63. The highest BCUT2D eigenvalue weighted by Crippen LogP contribution is 2.29. The minimum atomic E-state index is -0.0965. The van der Waals surface area contributed by atoms with Crippen LogP contribution in [0.5, 0.6) is 0 Å². The van der Waals surface area contributed by atoms with Crippen molar-refractivity contribution in [3.63, 3.8) is 0 Å². The standard InChI is InChI=1S/C20H29N3O3/c1-3-16-14-23(20(26)17-7-5-4-6-8-17)12-9-18(16)13-19(25)22-11-10-21-15(2)24/h4-8,16,18H,3,9-14H2,1-2H3,(H,21,24)(H,22,25). The summed E-state index contributed by atoms with van der Waals surface area (Å²) in [7, 11) is 0. The van der Waals surface area contributed by atoms with Gasteiger partial charge in [-0.25, -0.2) is 0 Å². The lowest BCUT2D eigenvalue weighted by Gasteiger charge is -2.38. The van der Waals surface area contributed by atoms with Gasteiger partial charge in [0.1, 0.15) is 0 Å². The van der Waals surface area contributed by atoms with Crippen molar-refractivity contribution >= 4 is 17.7 Å². The number of hydrogen-bond donors (Lipinski definition) is 2. The summed E-state index contributed by atoms with van der Waals surface area (Å²) in [5, 5.41) is 5.52. The van der Waals surface area contributed by atoms with E-state index in [1.54, 1.807) is 0 Å². The number of nitrogens with zero attached hydrogens (tertiary/aromatic N) is 1. The summed E-state index contributed by atoms with van der Waals surface area (Å²) < 4.78 is 0. The van der Waals surface area contributed by atoms with Crippen LogP contribution in [0.25, 0.3) is 0 Å². The minimum absolute atomic E-state index is 0.0154. The van der Waals surface area contributed by atoms with E-state index in [2.05, 4.69) is 17.6 Å². The van der Waals surface area contributed by atoms with E-state index in [0.29, 0.717) is 44.4 Å². The van der Waals surface area contributed by atoms with E-state index in [-0.39, 0.29) is 17.7 Å². The molecule has 0 saturated carbocycles. The van der Waals surface area contributed by atoms with Gasteiger partial charge in [0.25, 0.3) is 5.91 Å². The van der Waals surface area contributed by atoms with Crippen molar-refractivity contribution in [2.45, 2.75) is 33.1 Å². The van der Waals surface area contributed by atoms with Crippen LogP contribution >= 0.6 is 0 Å². The number of piperidine rings is 1. The molecule has 2 atom stereocenters. The second kappa shape index (κ2) is 9.94. The Morgan fingerprint density at radius 2 is 1.77 bits per heavy atom. The molecular formula is C20H29N3O3. The van der Waals surface area contributed by atoms with Crippen LogP contribution < -0.4 is 10.6 Å². The van der Waals surface area contributed by atoms with Crippen LogP contribution in [0.1, 0.15) is 43.5 Å². The number of carbonyl (C=O) groups is 3. The Morgan fingerprint density at radius 1 is 1.08 bits per heavy atom. The summed E-state index contributed by atoms with van der Waals surface area (Å²) in [6, 6.07) is 9.35. The van der Waals surface area contributed by atoms with Gasteiger partial charge in [0.05, 0.1) is 0 Å². The lowest BCUT2D eigenvalue weighted by molar-refractivity contribution is -0.123. The molecule has 0 radical (unpaired) electrons. The van der Waals surface area contributed by atoms with Crippen LogP contribution in [0.4, 0.5) is 0 Å². The van der Waals surface area contributed by atoms with Crippen molar-refractivity contribution < 1.29 is 14.4 Å². The summed E-state index contributed by atoms with van der Waals surface area (Å²) in [6.07, 6.45) is 2.27. The third-order valence-corrected chi connectivity index (χ3v) is 4.99. The molecule has 1 heterocycles. The van der Waals surface area contributed by atoms with Gasteiger partial charge in [-0.3, -0.25) is 14.4 Å². The summed E-state index contributed by atoms with van der Waals surface area (Å²) in [5.41, 5.74) is 0.719. The molecule has 0 bridgehead atoms. The van der Waals surface area contributed by atoms with Crippen LogP contribution in [0.2, 0.25) is 0 Å². The number of amides is 3. The maximum absolute atomic E-state index is 12.6. The fourth-order valence-electron chi connectivity index (χ4n) is 3.51. The van der Waals surface area contributed by atoms with E-state index < -0.39 is 0 Å². The molecule has 142 valence electrons. The van der Waals surface area contributed by atoms with E-state index in [1.165, 1.54) is 6.92 Å². The first-order valence-electron chi connectivity index (χ1n) is 9.36. The third kappa shape index (κ3) is 5.86. The van der Waals surface area contributed by atoms with Crippen LogP contribution in [-0.2, 0) is 9.59 Å². The van der Waals surface area contributed by atoms with Crippen LogP contribution in [0.3, 0.4) is 0 Å². The van der Waals surface area contributed by atoms with Crippen molar-refractivity contribution in [3.8, 4) is 0 Å². The number of benzene rings is 1. The fourth-order valence-corrected chi connectivity index (χ4v) is 3.51. The SMILES string of the molecule is CCC1CN(C(=O)c2ccccc2)CCC1CC(=O)NCCNC(C)=O. The molecule has 1 aromatic carbocycles. The zero-order chi connectivity index (χ0) is 18.9. The average Bonchev–Trinajstić information content (AvgIpc) is 2.65. The molecule has 3 amide bonds. The Morgan fingerprint density at radius 3 is 2.42 bits per heavy atom. The van der Waals surface area contributed by atoms with E-state index in [1.807, 2.05) is 35.2 Å². The van der Waals surface area contributed by atoms with Gasteiger partial charge in [-0.15, -0.1) is 0 Å². The number of likely N-dealkylation sites (tertiary alicyclic amines) is 1. The minimum Gasteiger partial charge on any atom is -0.355 e. The maximum atomic E-state index is 12.6. The largest absolute Gasteiger partial charge is 0.355 e. The summed E-state index contributed by atoms with van der Waals surface area (Å²) in [5.74, 6) is 0.614. The molecule has 2 unspecified atom stereocenters. The van der Waals surface area contributed by atoms with Gasteiger partial charge < -0.3 is 15.5 Å². The lowest BCUT2D eigenvalue weighted by Crippen LogP contribution is -2.45. The van der Waals surface area contributed by atoms with Gasteiger partial charge in [-0.05, 0) is 30.4 Å². The number of rotatable bonds is 7. The van der Waals surface area contributed by atoms with Crippen LogP contribution in [0.15, 0.2) is 30.3 Å². The predicted octanol–water partition coefficient (Wildman–Crippen LogP) is 1.82. The van der Waals surface area contributed by atoms with E-state index in [0.717, 1.165) is 18.4 Å². The molecule has 1 saturated heterocycles. The van der Waals surface area contributed by atoms with Crippen molar-refractivity contribution in [3.05, 3.63) is 35.9 Å². The van der Waals surface area contributed by atoms with Crippen LogP contribution in [-0.4, -0.2) is 48.8 Å². The fraction of sp³-hybridized carbons (Fsp3) is 0.550. The second-order valence-corrected chi connectivity index (χ2v) is 6.87. The molecule has 1 aromatic rings. The van der Waals surface area contributed by atoms with Crippen LogP contribution in [0, 0.1) is 11.8 Å². The Hall–Kier alpha value is -2.37. The molecule has 2 rings (SSSR count). The third-order valence-electron chi connectivity index (χ3n) is 4.99. The van der Waals surface area contributed by atoms with Gasteiger partial charge >= 0.3 is 0 Å². The quantitative estimate of drug-likeness (QED) is 0.729. The van der Waals surface area contributed by atoms with Crippen molar-refractivity contribution in [2.75, 3.05) is 26.2 Å². The Labute approximate surface area is 155 Å². The van der Waals surface area contributed by atoms with Gasteiger partial charge in [0.2, 0.25) is 11.8 Å². The van der Waals surface area contributed by atoms with Gasteiger partial charge in [0.15, 0.2) is 0 Å². The smallest absolute Gasteiger partial charge is 0.253 e. The molecule has 2 N–H and O–H groups in total. The van der Waals surface area contributed by atoms with Crippen molar-refractivity contribution in [2.24, 2.45) is 11.8 Å². The molecule has 1 aliphatic rings. The second-order valence-electron chi connectivity index (χ2n) is 6.87. The summed E-state index contributed by atoms with van der Waals surface area (Å²) in [6.45, 7) is 5.85. The van der Waals surface area contributed by atoms with E-state index >= 15 is 0 Å². The highest BCUT2D eigenvalue weighted by Gasteiger charge is 2.31. The van der Waals surface area contributed by atoms with E-state index in [4.69, 9.17) is 0 Å². The first kappa shape index (κ1) is 19.9. The van der Waals surface area contributed by atoms with Gasteiger partial charge in [-0.1, -0.05) is 31.5 Å². The number of hydrogen-bond acceptors (Lipinski definition) is 3. The summed E-state index contributed by atoms with van der Waals surface area (Å²) in [4.78, 5) is 37.5. The topological polar surface area (TPSA) is 78.5 Å². The van der Waals surface area contributed by atoms with Gasteiger partial charge in [-0.2, -0.15) is 0 Å². The van der Waals surface area contributed by atoms with Crippen molar-refractivity contribution in [1.29, 1.82) is 0 Å². The zero-order valence-corrected chi connectivity index (χ0v) is 15.7. The molecule has 6 heteroatoms. The van der Waals surface area contributed by atoms with Crippen molar-refractivity contribution in [1.82, 2.24) is 15.5 Å². The number of carbonyl (C=O) groups excluding carboxylic acids is 3. The summed E-state index contributed by atoms with van der Waals surface area (Å²) >= 11 is 0. The molecule has 0 aromatic heterocycles. The van der Waals surface area contributed by atoms with E-state index in [9.17, 15) is 14.4 Å². The normalized spacial score (nSPS) is 19.7. The van der Waals surface area contributed by atoms with Gasteiger partial charge in [0, 0.05) is 45.1 Å². The maximum Gasteiger partial charge on any atom is 0.253 e. The molecule has 1 fully saturated rings. The highest BCUT2D eigenvalue weighted by molar-refractivity contribution is 5.94. The first-order valence-corrected chi connectivity index (χ1v) is 9.36. The molecule has 0 aliphatic carbocycles.